The molecular weight excluding hydrogens is 1910 g/mol. The number of halogens is 3. The van der Waals surface area contributed by atoms with Crippen molar-refractivity contribution in [1.82, 2.24) is 10.6 Å². The number of hydrogen-bond acceptors (Lipinski definition) is 36. The van der Waals surface area contributed by atoms with Crippen LogP contribution in [-0.2, 0) is 135 Å². The summed E-state index contributed by atoms with van der Waals surface area (Å²) in [7, 11) is 1.42. The van der Waals surface area contributed by atoms with Crippen molar-refractivity contribution in [3.63, 3.8) is 0 Å². The van der Waals surface area contributed by atoms with Crippen LogP contribution in [0.15, 0.2) is 231 Å². The third-order valence-corrected chi connectivity index (χ3v) is 24.5. The van der Waals surface area contributed by atoms with E-state index in [4.69, 9.17) is 109 Å². The zero-order valence-corrected chi connectivity index (χ0v) is 81.0. The zero-order valence-electron chi connectivity index (χ0n) is 80.0. The predicted molar refractivity (Wildman–Crippen MR) is 494 cm³/mol. The number of alkyl halides is 3. The highest BCUT2D eigenvalue weighted by Gasteiger charge is 2.66. The summed E-state index contributed by atoms with van der Waals surface area (Å²) in [5.74, 6) is -20.5. The number of benzene rings is 8. The fourth-order valence-corrected chi connectivity index (χ4v) is 16.7. The summed E-state index contributed by atoms with van der Waals surface area (Å²) in [4.78, 5) is 189. The predicted octanol–water partition coefficient (Wildman–Crippen LogP) is 10.5. The molecule has 0 spiro atoms. The summed E-state index contributed by atoms with van der Waals surface area (Å²) in [6, 6.07) is 52.1. The molecule has 0 aliphatic carbocycles. The molecule has 4 aliphatic heterocycles. The Morgan fingerprint density at radius 2 is 0.833 bits per heavy atom. The second-order valence-corrected chi connectivity index (χ2v) is 40.1. The van der Waals surface area contributed by atoms with Crippen molar-refractivity contribution in [1.29, 1.82) is 0 Å². The Bertz CT molecular complexity index is 5670. The van der Waals surface area contributed by atoms with Crippen LogP contribution in [0.5, 0.6) is 17.2 Å². The number of carbonyl (C=O) groups is 13. The molecule has 12 rings (SSSR count). The van der Waals surface area contributed by atoms with Crippen molar-refractivity contribution in [3.8, 4) is 17.2 Å². The van der Waals surface area contributed by atoms with Gasteiger partial charge in [0.25, 0.3) is 5.79 Å². The standard InChI is InChI=1S/C102H109F3N2O36Si/c1-58(108)106-79-84(127-53-63-42-44-70(121-6)45-43-63)80(75(55-126-72-48-46-71(122-7)47-49-72)133-96(79)141-86-82(136-92(115)66-34-22-14-23-35-66)76(56-128-90(113)64-30-18-12-19-31-64)134-97(124-50-51-144(9,10)11)88(86)138-94(117)68-38-26-16-27-39-68)140-98-89(139-95(118)69-40-28-17-29-41-69)87(83(137-93(116)67-36-24-15-25-37-67)77(135-98)57-129-91(114)65-32-20-13-21-33-65)143-101(100(120)123-8)52-73(130-60(3)110)78(107-99(119)102(103,104)105)85(142-101)81(132-62(5)112)74(131-61(4)111)54-125-59(2)109/h12-49,73-89,96-98H,50-57H2,1-11H3,(H,106,108)(H,107,119)/t73-,74+,75+,76+,77+,78+,79+,80+,81+,82-,83-,84+,85+,86-,87-,88+,89+,96-,97+,98-,101-/m0/s1. The van der Waals surface area contributed by atoms with Gasteiger partial charge in [-0.05, 0) is 121 Å². The maximum atomic E-state index is 16.0. The topological polar surface area (TPSA) is 458 Å². The molecule has 2 N–H and O–H groups in total. The highest BCUT2D eigenvalue weighted by molar-refractivity contribution is 6.76. The van der Waals surface area contributed by atoms with Crippen LogP contribution in [0.2, 0.25) is 25.7 Å². The molecule has 4 aliphatic rings. The minimum absolute atomic E-state index is 0.0369. The first-order chi connectivity index (χ1) is 68.9. The molecule has 768 valence electrons. The Morgan fingerprint density at radius 1 is 0.417 bits per heavy atom. The highest BCUT2D eigenvalue weighted by Crippen LogP contribution is 2.45. The lowest BCUT2D eigenvalue weighted by molar-refractivity contribution is -0.387. The number of methoxy groups -OCH3 is 3. The van der Waals surface area contributed by atoms with Crippen molar-refractivity contribution in [3.05, 3.63) is 269 Å². The Kier molecular flexibility index (Phi) is 38.3. The molecule has 0 saturated carbocycles. The molecule has 8 aromatic rings. The van der Waals surface area contributed by atoms with Crippen LogP contribution < -0.4 is 24.8 Å². The van der Waals surface area contributed by atoms with Gasteiger partial charge in [-0.25, -0.2) is 33.6 Å². The van der Waals surface area contributed by atoms with Crippen LogP contribution in [0.4, 0.5) is 13.2 Å². The lowest BCUT2D eigenvalue weighted by Crippen LogP contribution is -2.73. The SMILES string of the molecule is COC(=O)[C@@]1(O[C@H]2[C@@H](OC(=O)c3ccccc3)[C@@H](COC(=O)c3ccccc3)O[C@@H](O[C@H]3[C@H](OCc4ccc(OC)cc4)[C@@H](NC(C)=O)[C@H](O[C@H]4[C@@H](OC(=O)c5ccccc5)[C@@H](COC(=O)c5ccccc5)O[C@@H](OCC[Si](C)(C)C)[C@@H]4OC(=O)c4ccccc4)O[C@@H]3COc3ccc(OC)cc3)[C@@H]2OC(=O)c2ccccc2)C[C@H](OC(C)=O)[C@@H](NC(=O)C(F)(F)F)[C@H]([C@H](OC(C)=O)[C@@H](COC(C)=O)OC(C)=O)O1. The van der Waals surface area contributed by atoms with Crippen molar-refractivity contribution in [2.75, 3.05) is 54.4 Å². The summed E-state index contributed by atoms with van der Waals surface area (Å²) >= 11 is 0. The quantitative estimate of drug-likeness (QED) is 0.0204. The first kappa shape index (κ1) is 109. The maximum Gasteiger partial charge on any atom is 0.471 e. The minimum atomic E-state index is -5.86. The number of ether oxygens (including phenoxy) is 23. The lowest BCUT2D eigenvalue weighted by Gasteiger charge is -2.53. The van der Waals surface area contributed by atoms with Crippen molar-refractivity contribution < 1.29 is 184 Å². The smallest absolute Gasteiger partial charge is 0.471 e. The summed E-state index contributed by atoms with van der Waals surface area (Å²) in [5.41, 5.74) is -0.393. The first-order valence-corrected chi connectivity index (χ1v) is 49.2. The van der Waals surface area contributed by atoms with Crippen LogP contribution in [0.25, 0.3) is 0 Å². The van der Waals surface area contributed by atoms with Gasteiger partial charge in [-0.1, -0.05) is 141 Å². The monoisotopic (exact) mass is 2020 g/mol. The van der Waals surface area contributed by atoms with Gasteiger partial charge in [0.15, 0.2) is 55.5 Å². The molecule has 38 nitrogen and oxygen atoms in total. The van der Waals surface area contributed by atoms with E-state index in [9.17, 15) is 38.4 Å². The number of nitrogens with one attached hydrogen (secondary N) is 2. The van der Waals surface area contributed by atoms with Crippen molar-refractivity contribution >= 4 is 85.6 Å². The molecule has 4 saturated heterocycles. The van der Waals surface area contributed by atoms with Crippen LogP contribution in [0.1, 0.15) is 109 Å². The normalized spacial score (nSPS) is 24.4. The summed E-state index contributed by atoms with van der Waals surface area (Å²) < 4.78 is 194. The number of amides is 2. The number of hydrogen-bond donors (Lipinski definition) is 2. The Labute approximate surface area is 825 Å². The van der Waals surface area contributed by atoms with Gasteiger partial charge in [-0.15, -0.1) is 0 Å². The number of rotatable bonds is 42. The van der Waals surface area contributed by atoms with E-state index in [0.29, 0.717) is 30.2 Å². The van der Waals surface area contributed by atoms with Gasteiger partial charge in [0.1, 0.15) is 105 Å². The molecule has 8 aromatic carbocycles. The summed E-state index contributed by atoms with van der Waals surface area (Å²) in [6.07, 6.45) is -47.7. The maximum absolute atomic E-state index is 16.0. The first-order valence-electron chi connectivity index (χ1n) is 45.5. The van der Waals surface area contributed by atoms with E-state index >= 15 is 37.1 Å². The second-order valence-electron chi connectivity index (χ2n) is 34.5. The van der Waals surface area contributed by atoms with Crippen molar-refractivity contribution in [2.45, 2.75) is 208 Å². The Morgan fingerprint density at radius 3 is 1.26 bits per heavy atom. The van der Waals surface area contributed by atoms with Crippen LogP contribution >= 0.6 is 0 Å². The average Bonchev–Trinajstić information content (AvgIpc) is 0.714. The molecule has 144 heavy (non-hydrogen) atoms. The fourth-order valence-electron chi connectivity index (χ4n) is 16.0. The summed E-state index contributed by atoms with van der Waals surface area (Å²) in [5, 5.41) is 4.56. The van der Waals surface area contributed by atoms with Gasteiger partial charge in [-0.3, -0.25) is 28.8 Å². The Hall–Kier alpha value is -14.1. The molecular formula is C102H109F3N2O36Si. The molecule has 21 atom stereocenters. The zero-order chi connectivity index (χ0) is 104. The second kappa shape index (κ2) is 50.7. The average molecular weight is 2020 g/mol. The molecule has 2 amide bonds. The molecule has 0 aromatic heterocycles. The van der Waals surface area contributed by atoms with Crippen LogP contribution in [0, 0.1) is 0 Å². The third-order valence-electron chi connectivity index (χ3n) is 22.8. The Balaban J connectivity index is 1.13. The van der Waals surface area contributed by atoms with Gasteiger partial charge in [0.2, 0.25) is 5.91 Å². The fraction of sp³-hybridized carbons (Fsp3) is 0.402. The number of carbonyl (C=O) groups excluding carboxylic acids is 13. The summed E-state index contributed by atoms with van der Waals surface area (Å²) in [6.45, 7) is 5.84. The van der Waals surface area contributed by atoms with Crippen molar-refractivity contribution in [2.24, 2.45) is 0 Å². The molecule has 0 bridgehead atoms. The van der Waals surface area contributed by atoms with E-state index in [0.717, 1.165) is 34.6 Å². The van der Waals surface area contributed by atoms with Crippen LogP contribution in [-0.4, -0.2) is 274 Å². The molecule has 0 unspecified atom stereocenters. The van der Waals surface area contributed by atoms with E-state index < -0.39 is 259 Å². The van der Waals surface area contributed by atoms with Gasteiger partial charge in [0.05, 0.1) is 73.8 Å². The van der Waals surface area contributed by atoms with E-state index in [1.54, 1.807) is 90.2 Å². The van der Waals surface area contributed by atoms with E-state index in [1.807, 2.05) is 0 Å². The van der Waals surface area contributed by atoms with Gasteiger partial charge >= 0.3 is 77.7 Å². The lowest BCUT2D eigenvalue weighted by atomic mass is 9.87. The third kappa shape index (κ3) is 29.8. The molecule has 0 radical (unpaired) electrons. The molecule has 4 fully saturated rings. The van der Waals surface area contributed by atoms with Gasteiger partial charge in [0, 0.05) is 49.3 Å². The van der Waals surface area contributed by atoms with E-state index in [-0.39, 0.29) is 45.7 Å². The molecule has 4 heterocycles. The molecule has 42 heteroatoms. The largest absolute Gasteiger partial charge is 0.497 e. The highest BCUT2D eigenvalue weighted by atomic mass is 28.3. The number of esters is 11. The van der Waals surface area contributed by atoms with Gasteiger partial charge < -0.3 is 120 Å². The van der Waals surface area contributed by atoms with E-state index in [2.05, 4.69) is 25.0 Å². The van der Waals surface area contributed by atoms with E-state index in [1.165, 1.54) is 160 Å². The minimum Gasteiger partial charge on any atom is -0.497 e. The van der Waals surface area contributed by atoms with Crippen LogP contribution in [0.3, 0.4) is 0 Å². The van der Waals surface area contributed by atoms with Gasteiger partial charge in [-0.2, -0.15) is 13.2 Å².